The lowest BCUT2D eigenvalue weighted by atomic mass is 9.98. The van der Waals surface area contributed by atoms with Crippen LogP contribution in [0.2, 0.25) is 0 Å². The third-order valence-corrected chi connectivity index (χ3v) is 4.89. The minimum Gasteiger partial charge on any atom is -0.330 e. The molecule has 4 aromatic rings. The van der Waals surface area contributed by atoms with Gasteiger partial charge in [0, 0.05) is 0 Å². The van der Waals surface area contributed by atoms with Gasteiger partial charge in [0.05, 0.1) is 12.5 Å². The molecule has 0 aliphatic carbocycles. The van der Waals surface area contributed by atoms with Gasteiger partial charge in [0.2, 0.25) is 0 Å². The molecule has 0 unspecified atom stereocenters. The molecule has 0 radical (unpaired) electrons. The molecule has 2 N–H and O–H groups in total. The third kappa shape index (κ3) is 5.67. The van der Waals surface area contributed by atoms with E-state index >= 15 is 0 Å². The van der Waals surface area contributed by atoms with Crippen LogP contribution < -0.4 is 5.73 Å². The lowest BCUT2D eigenvalue weighted by molar-refractivity contribution is 0.971. The van der Waals surface area contributed by atoms with Crippen LogP contribution >= 0.6 is 0 Å². The second kappa shape index (κ2) is 11.4. The van der Waals surface area contributed by atoms with E-state index in [1.165, 1.54) is 22.3 Å². The SMILES string of the molecule is N#CCc1ccccc1-c1ccccc1.NCCc1ccccc1-c1ccccc1. The van der Waals surface area contributed by atoms with Gasteiger partial charge in [-0.1, -0.05) is 109 Å². The molecule has 2 heteroatoms. The summed E-state index contributed by atoms with van der Waals surface area (Å²) in [7, 11) is 0. The van der Waals surface area contributed by atoms with Crippen molar-refractivity contribution in [3.05, 3.63) is 120 Å². The van der Waals surface area contributed by atoms with Crippen molar-refractivity contribution in [1.82, 2.24) is 0 Å². The molecule has 0 atom stereocenters. The van der Waals surface area contributed by atoms with E-state index in [1.54, 1.807) is 0 Å². The van der Waals surface area contributed by atoms with E-state index in [9.17, 15) is 0 Å². The second-order valence-electron chi connectivity index (χ2n) is 6.92. The summed E-state index contributed by atoms with van der Waals surface area (Å²) in [6.07, 6.45) is 1.40. The fraction of sp³-hybridized carbons (Fsp3) is 0.107. The maximum atomic E-state index is 8.74. The van der Waals surface area contributed by atoms with Crippen LogP contribution in [0.4, 0.5) is 0 Å². The van der Waals surface area contributed by atoms with Gasteiger partial charge in [0.1, 0.15) is 0 Å². The molecule has 0 fully saturated rings. The number of nitrogens with two attached hydrogens (primary N) is 1. The molecule has 0 aromatic heterocycles. The predicted molar refractivity (Wildman–Crippen MR) is 126 cm³/mol. The van der Waals surface area contributed by atoms with Crippen LogP contribution in [0.1, 0.15) is 11.1 Å². The van der Waals surface area contributed by atoms with Gasteiger partial charge in [-0.2, -0.15) is 5.26 Å². The highest BCUT2D eigenvalue weighted by Gasteiger charge is 2.03. The highest BCUT2D eigenvalue weighted by Crippen LogP contribution is 2.24. The first-order valence-corrected chi connectivity index (χ1v) is 10.2. The zero-order valence-corrected chi connectivity index (χ0v) is 17.0. The summed E-state index contributed by atoms with van der Waals surface area (Å²) < 4.78 is 0. The fourth-order valence-electron chi connectivity index (χ4n) is 3.45. The molecule has 0 saturated heterocycles. The van der Waals surface area contributed by atoms with E-state index in [1.807, 2.05) is 42.5 Å². The van der Waals surface area contributed by atoms with Crippen LogP contribution in [-0.4, -0.2) is 6.54 Å². The number of hydrogen-bond donors (Lipinski definition) is 1. The Kier molecular flexibility index (Phi) is 7.97. The Hall–Kier alpha value is -3.67. The third-order valence-electron chi connectivity index (χ3n) is 4.89. The summed E-state index contributed by atoms with van der Waals surface area (Å²) in [6, 6.07) is 39.3. The van der Waals surface area contributed by atoms with Crippen LogP contribution in [0.25, 0.3) is 22.3 Å². The Morgan fingerprint density at radius 3 is 1.50 bits per heavy atom. The summed E-state index contributed by atoms with van der Waals surface area (Å²) in [4.78, 5) is 0. The van der Waals surface area contributed by atoms with E-state index < -0.39 is 0 Å². The Morgan fingerprint density at radius 1 is 0.567 bits per heavy atom. The first-order valence-electron chi connectivity index (χ1n) is 10.2. The molecule has 0 saturated carbocycles. The summed E-state index contributed by atoms with van der Waals surface area (Å²) in [5.41, 5.74) is 12.9. The topological polar surface area (TPSA) is 49.8 Å². The molecule has 0 spiro atoms. The Bertz CT molecular complexity index is 1080. The lowest BCUT2D eigenvalue weighted by Gasteiger charge is -2.08. The fourth-order valence-corrected chi connectivity index (χ4v) is 3.45. The number of benzene rings is 4. The van der Waals surface area contributed by atoms with Gasteiger partial charge in [-0.05, 0) is 46.3 Å². The molecule has 4 rings (SSSR count). The molecular formula is C28H26N2. The number of hydrogen-bond acceptors (Lipinski definition) is 2. The molecule has 148 valence electrons. The molecule has 0 bridgehead atoms. The molecule has 2 nitrogen and oxygen atoms in total. The maximum absolute atomic E-state index is 8.74. The monoisotopic (exact) mass is 390 g/mol. The predicted octanol–water partition coefficient (Wildman–Crippen LogP) is 6.27. The van der Waals surface area contributed by atoms with Gasteiger partial charge >= 0.3 is 0 Å². The smallest absolute Gasteiger partial charge is 0.0669 e. The average Bonchev–Trinajstić information content (AvgIpc) is 2.82. The Morgan fingerprint density at radius 2 is 1.00 bits per heavy atom. The van der Waals surface area contributed by atoms with Crippen molar-refractivity contribution in [1.29, 1.82) is 5.26 Å². The average molecular weight is 391 g/mol. The number of rotatable bonds is 5. The van der Waals surface area contributed by atoms with Crippen molar-refractivity contribution in [2.24, 2.45) is 5.73 Å². The minimum absolute atomic E-state index is 0.463. The van der Waals surface area contributed by atoms with E-state index in [0.717, 1.165) is 17.5 Å². The van der Waals surface area contributed by atoms with Crippen LogP contribution in [-0.2, 0) is 12.8 Å². The molecule has 0 heterocycles. The van der Waals surface area contributed by atoms with Crippen LogP contribution in [0, 0.1) is 11.3 Å². The molecule has 0 aliphatic rings. The van der Waals surface area contributed by atoms with Gasteiger partial charge in [0.25, 0.3) is 0 Å². The highest BCUT2D eigenvalue weighted by atomic mass is 14.5. The summed E-state index contributed by atoms with van der Waals surface area (Å²) in [5.74, 6) is 0. The largest absolute Gasteiger partial charge is 0.330 e. The van der Waals surface area contributed by atoms with Crippen LogP contribution in [0.15, 0.2) is 109 Å². The Labute approximate surface area is 179 Å². The van der Waals surface area contributed by atoms with Crippen molar-refractivity contribution in [2.45, 2.75) is 12.8 Å². The zero-order valence-electron chi connectivity index (χ0n) is 17.0. The Balaban J connectivity index is 0.000000171. The number of nitrogens with zero attached hydrogens (tertiary/aromatic N) is 1. The molecule has 30 heavy (non-hydrogen) atoms. The van der Waals surface area contributed by atoms with Gasteiger partial charge in [-0.25, -0.2) is 0 Å². The van der Waals surface area contributed by atoms with Gasteiger partial charge in [-0.3, -0.25) is 0 Å². The van der Waals surface area contributed by atoms with Crippen molar-refractivity contribution < 1.29 is 0 Å². The summed E-state index contributed by atoms with van der Waals surface area (Å²) in [6.45, 7) is 0.698. The first-order chi connectivity index (χ1) is 14.8. The van der Waals surface area contributed by atoms with Gasteiger partial charge in [-0.15, -0.1) is 0 Å². The lowest BCUT2D eigenvalue weighted by Crippen LogP contribution is -2.03. The summed E-state index contributed by atoms with van der Waals surface area (Å²) >= 11 is 0. The van der Waals surface area contributed by atoms with E-state index in [-0.39, 0.29) is 0 Å². The molecule has 4 aromatic carbocycles. The van der Waals surface area contributed by atoms with Crippen molar-refractivity contribution in [3.8, 4) is 28.3 Å². The number of nitriles is 1. The molecule has 0 amide bonds. The molecule has 0 aliphatic heterocycles. The quantitative estimate of drug-likeness (QED) is 0.436. The van der Waals surface area contributed by atoms with Gasteiger partial charge < -0.3 is 5.73 Å². The maximum Gasteiger partial charge on any atom is 0.0669 e. The van der Waals surface area contributed by atoms with E-state index in [0.29, 0.717) is 13.0 Å². The van der Waals surface area contributed by atoms with Crippen LogP contribution in [0.3, 0.4) is 0 Å². The van der Waals surface area contributed by atoms with Crippen molar-refractivity contribution >= 4 is 0 Å². The zero-order chi connectivity index (χ0) is 21.0. The normalized spacial score (nSPS) is 9.87. The molecular weight excluding hydrogens is 364 g/mol. The van der Waals surface area contributed by atoms with Crippen molar-refractivity contribution in [3.63, 3.8) is 0 Å². The van der Waals surface area contributed by atoms with E-state index in [2.05, 4.69) is 72.8 Å². The van der Waals surface area contributed by atoms with E-state index in [4.69, 9.17) is 11.0 Å². The van der Waals surface area contributed by atoms with Crippen LogP contribution in [0.5, 0.6) is 0 Å². The van der Waals surface area contributed by atoms with Crippen molar-refractivity contribution in [2.75, 3.05) is 6.54 Å². The standard InChI is InChI=1S/C14H15N.C14H11N/c2*15-11-10-13-8-4-5-9-14(13)12-6-2-1-3-7-12/h1-9H,10-11,15H2;1-9H,10H2. The van der Waals surface area contributed by atoms with Gasteiger partial charge in [0.15, 0.2) is 0 Å². The first kappa shape index (κ1) is 21.0. The summed E-state index contributed by atoms with van der Waals surface area (Å²) in [5, 5.41) is 8.74. The minimum atomic E-state index is 0.463. The highest BCUT2D eigenvalue weighted by molar-refractivity contribution is 5.68. The second-order valence-corrected chi connectivity index (χ2v) is 6.92.